The quantitative estimate of drug-likeness (QED) is 0.530. The van der Waals surface area contributed by atoms with E-state index < -0.39 is 10.1 Å². The van der Waals surface area contributed by atoms with E-state index in [1.807, 2.05) is 30.3 Å². The van der Waals surface area contributed by atoms with Gasteiger partial charge in [-0.15, -0.1) is 0 Å². The van der Waals surface area contributed by atoms with Crippen molar-refractivity contribution in [2.75, 3.05) is 19.5 Å². The largest absolute Gasteiger partial charge is 0.490 e. The minimum absolute atomic E-state index is 0.0707. The number of hydrogen-bond donors (Lipinski definition) is 0. The number of rotatable bonds is 8. The van der Waals surface area contributed by atoms with Gasteiger partial charge in [-0.05, 0) is 24.3 Å². The second-order valence-corrected chi connectivity index (χ2v) is 6.81. The Morgan fingerprint density at radius 1 is 1.00 bits per heavy atom. The third-order valence-electron chi connectivity index (χ3n) is 2.72. The van der Waals surface area contributed by atoms with Gasteiger partial charge in [0.05, 0.1) is 19.5 Å². The summed E-state index contributed by atoms with van der Waals surface area (Å²) in [5.74, 6) is 1.69. The Kier molecular flexibility index (Phi) is 6.27. The standard InChI is InChI=1S/C16H17ClO5S/c1-23(18,19)21-11-5-10-20-15-9-8-13(17)12-16(15)22-14-6-3-2-4-7-14/h2-4,6-9,12H,5,10-11H2,1H3. The van der Waals surface area contributed by atoms with Crippen molar-refractivity contribution in [3.8, 4) is 17.2 Å². The number of para-hydroxylation sites is 1. The fraction of sp³-hybridized carbons (Fsp3) is 0.250. The Bertz CT molecular complexity index is 731. The van der Waals surface area contributed by atoms with Crippen LogP contribution in [0.15, 0.2) is 48.5 Å². The minimum atomic E-state index is -3.42. The first kappa shape index (κ1) is 17.6. The molecule has 0 heterocycles. The Labute approximate surface area is 140 Å². The summed E-state index contributed by atoms with van der Waals surface area (Å²) in [5, 5.41) is 0.531. The molecular formula is C16H17ClO5S. The molecule has 0 aliphatic carbocycles. The van der Waals surface area contributed by atoms with Gasteiger partial charge in [-0.3, -0.25) is 4.18 Å². The zero-order valence-corrected chi connectivity index (χ0v) is 14.1. The highest BCUT2D eigenvalue weighted by molar-refractivity contribution is 7.85. The van der Waals surface area contributed by atoms with Gasteiger partial charge in [0.15, 0.2) is 11.5 Å². The van der Waals surface area contributed by atoms with Crippen LogP contribution in [0.4, 0.5) is 0 Å². The van der Waals surface area contributed by atoms with Gasteiger partial charge in [-0.2, -0.15) is 8.42 Å². The van der Waals surface area contributed by atoms with Gasteiger partial charge in [0, 0.05) is 17.5 Å². The first-order chi connectivity index (χ1) is 10.9. The summed E-state index contributed by atoms with van der Waals surface area (Å²) in [5.41, 5.74) is 0. The van der Waals surface area contributed by atoms with Crippen LogP contribution in [-0.2, 0) is 14.3 Å². The SMILES string of the molecule is CS(=O)(=O)OCCCOc1ccc(Cl)cc1Oc1ccccc1. The van der Waals surface area contributed by atoms with Crippen molar-refractivity contribution in [3.63, 3.8) is 0 Å². The fourth-order valence-electron chi connectivity index (χ4n) is 1.75. The molecule has 0 amide bonds. The molecule has 0 aliphatic rings. The van der Waals surface area contributed by atoms with Gasteiger partial charge in [0.2, 0.25) is 0 Å². The average molecular weight is 357 g/mol. The fourth-order valence-corrected chi connectivity index (χ4v) is 2.33. The summed E-state index contributed by atoms with van der Waals surface area (Å²) in [6.45, 7) is 0.365. The molecule has 0 bridgehead atoms. The molecule has 23 heavy (non-hydrogen) atoms. The Morgan fingerprint density at radius 3 is 2.43 bits per heavy atom. The van der Waals surface area contributed by atoms with Crippen molar-refractivity contribution in [2.45, 2.75) is 6.42 Å². The highest BCUT2D eigenvalue weighted by atomic mass is 35.5. The van der Waals surface area contributed by atoms with Crippen LogP contribution in [0, 0.1) is 0 Å². The van der Waals surface area contributed by atoms with E-state index in [0.29, 0.717) is 35.3 Å². The molecule has 2 aromatic rings. The van der Waals surface area contributed by atoms with Crippen LogP contribution in [-0.4, -0.2) is 27.9 Å². The number of hydrogen-bond acceptors (Lipinski definition) is 5. The molecule has 0 N–H and O–H groups in total. The van der Waals surface area contributed by atoms with Crippen LogP contribution < -0.4 is 9.47 Å². The summed E-state index contributed by atoms with van der Waals surface area (Å²) in [7, 11) is -3.42. The van der Waals surface area contributed by atoms with Gasteiger partial charge < -0.3 is 9.47 Å². The van der Waals surface area contributed by atoms with Crippen LogP contribution >= 0.6 is 11.6 Å². The number of halogens is 1. The summed E-state index contributed by atoms with van der Waals surface area (Å²) in [6, 6.07) is 14.3. The third-order valence-corrected chi connectivity index (χ3v) is 3.55. The van der Waals surface area contributed by atoms with E-state index in [2.05, 4.69) is 4.18 Å². The predicted octanol–water partition coefficient (Wildman–Crippen LogP) is 3.88. The summed E-state index contributed by atoms with van der Waals surface area (Å²) in [6.07, 6.45) is 1.44. The number of ether oxygens (including phenoxy) is 2. The van der Waals surface area contributed by atoms with Crippen molar-refractivity contribution in [3.05, 3.63) is 53.6 Å². The molecule has 0 radical (unpaired) electrons. The van der Waals surface area contributed by atoms with E-state index in [1.54, 1.807) is 18.2 Å². The van der Waals surface area contributed by atoms with Gasteiger partial charge in [0.25, 0.3) is 10.1 Å². The lowest BCUT2D eigenvalue weighted by Crippen LogP contribution is -2.08. The maximum absolute atomic E-state index is 10.9. The van der Waals surface area contributed by atoms with Crippen LogP contribution in [0.3, 0.4) is 0 Å². The molecular weight excluding hydrogens is 340 g/mol. The lowest BCUT2D eigenvalue weighted by atomic mass is 10.3. The second kappa shape index (κ2) is 8.19. The number of benzene rings is 2. The maximum atomic E-state index is 10.9. The van der Waals surface area contributed by atoms with Crippen molar-refractivity contribution >= 4 is 21.7 Å². The van der Waals surface area contributed by atoms with Crippen LogP contribution in [0.5, 0.6) is 17.2 Å². The summed E-state index contributed by atoms with van der Waals surface area (Å²) < 4.78 is 37.8. The van der Waals surface area contributed by atoms with E-state index in [0.717, 1.165) is 6.26 Å². The molecule has 0 saturated carbocycles. The van der Waals surface area contributed by atoms with Crippen molar-refractivity contribution in [2.24, 2.45) is 0 Å². The highest BCUT2D eigenvalue weighted by Gasteiger charge is 2.08. The zero-order chi connectivity index (χ0) is 16.7. The monoisotopic (exact) mass is 356 g/mol. The molecule has 7 heteroatoms. The molecule has 0 atom stereocenters. The molecule has 0 unspecified atom stereocenters. The second-order valence-electron chi connectivity index (χ2n) is 4.73. The average Bonchev–Trinajstić information content (AvgIpc) is 2.49. The molecule has 124 valence electrons. The topological polar surface area (TPSA) is 61.8 Å². The summed E-state index contributed by atoms with van der Waals surface area (Å²) in [4.78, 5) is 0. The van der Waals surface area contributed by atoms with E-state index in [4.69, 9.17) is 21.1 Å². The lowest BCUT2D eigenvalue weighted by molar-refractivity contribution is 0.246. The molecule has 2 aromatic carbocycles. The molecule has 0 fully saturated rings. The van der Waals surface area contributed by atoms with Crippen LogP contribution in [0.25, 0.3) is 0 Å². The zero-order valence-electron chi connectivity index (χ0n) is 12.6. The lowest BCUT2D eigenvalue weighted by Gasteiger charge is -2.13. The van der Waals surface area contributed by atoms with E-state index in [1.165, 1.54) is 0 Å². The molecule has 5 nitrogen and oxygen atoms in total. The smallest absolute Gasteiger partial charge is 0.264 e. The van der Waals surface area contributed by atoms with Crippen LogP contribution in [0.1, 0.15) is 6.42 Å². The van der Waals surface area contributed by atoms with E-state index >= 15 is 0 Å². The first-order valence-electron chi connectivity index (χ1n) is 6.94. The molecule has 0 aromatic heterocycles. The van der Waals surface area contributed by atoms with E-state index in [-0.39, 0.29) is 6.61 Å². The molecule has 0 spiro atoms. The Balaban J connectivity index is 1.96. The highest BCUT2D eigenvalue weighted by Crippen LogP contribution is 2.34. The maximum Gasteiger partial charge on any atom is 0.264 e. The van der Waals surface area contributed by atoms with Crippen molar-refractivity contribution in [1.82, 2.24) is 0 Å². The van der Waals surface area contributed by atoms with Gasteiger partial charge in [0.1, 0.15) is 5.75 Å². The first-order valence-corrected chi connectivity index (χ1v) is 9.13. The normalized spacial score (nSPS) is 11.2. The minimum Gasteiger partial charge on any atom is -0.490 e. The van der Waals surface area contributed by atoms with Crippen molar-refractivity contribution in [1.29, 1.82) is 0 Å². The summed E-state index contributed by atoms with van der Waals surface area (Å²) >= 11 is 5.99. The van der Waals surface area contributed by atoms with Crippen molar-refractivity contribution < 1.29 is 22.1 Å². The molecule has 2 rings (SSSR count). The van der Waals surface area contributed by atoms with Gasteiger partial charge >= 0.3 is 0 Å². The van der Waals surface area contributed by atoms with E-state index in [9.17, 15) is 8.42 Å². The third kappa shape index (κ3) is 6.48. The molecule has 0 aliphatic heterocycles. The Hall–Kier alpha value is -1.76. The van der Waals surface area contributed by atoms with Gasteiger partial charge in [-0.25, -0.2) is 0 Å². The van der Waals surface area contributed by atoms with Gasteiger partial charge in [-0.1, -0.05) is 29.8 Å². The Morgan fingerprint density at radius 2 is 1.74 bits per heavy atom. The van der Waals surface area contributed by atoms with Crippen LogP contribution in [0.2, 0.25) is 5.02 Å². The molecule has 0 saturated heterocycles. The predicted molar refractivity (Wildman–Crippen MR) is 88.9 cm³/mol.